The van der Waals surface area contributed by atoms with E-state index in [1.807, 2.05) is 37.3 Å². The van der Waals surface area contributed by atoms with E-state index in [2.05, 4.69) is 13.2 Å². The van der Waals surface area contributed by atoms with Crippen molar-refractivity contribution in [2.75, 3.05) is 13.2 Å². The highest BCUT2D eigenvalue weighted by atomic mass is 16.5. The molecule has 0 radical (unpaired) electrons. The molecule has 1 aliphatic rings. The zero-order chi connectivity index (χ0) is 21.0. The van der Waals surface area contributed by atoms with Gasteiger partial charge in [0.1, 0.15) is 18.1 Å². The Morgan fingerprint density at radius 3 is 2.48 bits per heavy atom. The molecule has 0 aromatic heterocycles. The maximum Gasteiger partial charge on any atom is 0.295 e. The number of carbonyl (C=O) groups excluding carboxylic acids is 2. The summed E-state index contributed by atoms with van der Waals surface area (Å²) in [6, 6.07) is 13.7. The maximum atomic E-state index is 12.8. The summed E-state index contributed by atoms with van der Waals surface area (Å²) in [6.45, 7) is 9.68. The average Bonchev–Trinajstić information content (AvgIpc) is 2.98. The van der Waals surface area contributed by atoms with Crippen LogP contribution in [0.3, 0.4) is 0 Å². The lowest BCUT2D eigenvalue weighted by Gasteiger charge is -2.24. The topological polar surface area (TPSA) is 66.8 Å². The number of benzene rings is 2. The molecule has 1 fully saturated rings. The number of aryl methyl sites for hydroxylation is 1. The summed E-state index contributed by atoms with van der Waals surface area (Å²) >= 11 is 0. The minimum absolute atomic E-state index is 0.0749. The SMILES string of the molecule is C=CCOc1ccc(/C(O)=C2/C(=O)C(=O)N(CC=C)C2c2ccccc2)c(C)c1. The third-order valence-corrected chi connectivity index (χ3v) is 4.80. The Bertz CT molecular complexity index is 991. The summed E-state index contributed by atoms with van der Waals surface area (Å²) in [4.78, 5) is 26.9. The summed E-state index contributed by atoms with van der Waals surface area (Å²) in [7, 11) is 0. The Balaban J connectivity index is 2.13. The van der Waals surface area contributed by atoms with Crippen molar-refractivity contribution in [1.29, 1.82) is 0 Å². The Morgan fingerprint density at radius 2 is 1.86 bits per heavy atom. The predicted molar refractivity (Wildman–Crippen MR) is 113 cm³/mol. The summed E-state index contributed by atoms with van der Waals surface area (Å²) in [5.41, 5.74) is 2.03. The first-order chi connectivity index (χ1) is 14.0. The lowest BCUT2D eigenvalue weighted by molar-refractivity contribution is -0.139. The number of likely N-dealkylation sites (tertiary alicyclic amines) is 1. The standard InChI is InChI=1S/C24H23NO4/c1-4-13-25-21(17-9-7-6-8-10-17)20(23(27)24(25)28)22(26)19-12-11-18(15-16(19)3)29-14-5-2/h4-12,15,21,26H,1-2,13-14H2,3H3/b22-20-. The molecule has 1 saturated heterocycles. The van der Waals surface area contributed by atoms with Crippen molar-refractivity contribution in [3.05, 3.63) is 96.1 Å². The van der Waals surface area contributed by atoms with Crippen molar-refractivity contribution >= 4 is 17.4 Å². The van der Waals surface area contributed by atoms with Crippen LogP contribution in [-0.4, -0.2) is 34.8 Å². The van der Waals surface area contributed by atoms with E-state index in [0.717, 1.165) is 11.1 Å². The number of aliphatic hydroxyl groups is 1. The van der Waals surface area contributed by atoms with E-state index >= 15 is 0 Å². The van der Waals surface area contributed by atoms with Crippen LogP contribution in [0, 0.1) is 6.92 Å². The molecule has 5 heteroatoms. The highest BCUT2D eigenvalue weighted by molar-refractivity contribution is 6.46. The van der Waals surface area contributed by atoms with Gasteiger partial charge < -0.3 is 14.7 Å². The van der Waals surface area contributed by atoms with Gasteiger partial charge in [0.15, 0.2) is 0 Å². The Hall–Kier alpha value is -3.60. The number of ether oxygens (including phenoxy) is 1. The number of aliphatic hydroxyl groups excluding tert-OH is 1. The molecule has 0 aliphatic carbocycles. The van der Waals surface area contributed by atoms with Crippen molar-refractivity contribution in [2.24, 2.45) is 0 Å². The molecule has 1 atom stereocenters. The summed E-state index contributed by atoms with van der Waals surface area (Å²) in [5.74, 6) is -0.921. The third kappa shape index (κ3) is 3.85. The third-order valence-electron chi connectivity index (χ3n) is 4.80. The summed E-state index contributed by atoms with van der Waals surface area (Å²) in [5, 5.41) is 11.1. The van der Waals surface area contributed by atoms with Crippen LogP contribution >= 0.6 is 0 Å². The summed E-state index contributed by atoms with van der Waals surface area (Å²) in [6.07, 6.45) is 3.21. The van der Waals surface area contributed by atoms with E-state index in [4.69, 9.17) is 4.74 Å². The smallest absolute Gasteiger partial charge is 0.295 e. The monoisotopic (exact) mass is 389 g/mol. The number of Topliss-reactive ketones (excluding diaryl/α,β-unsaturated/α-hetero) is 1. The van der Waals surface area contributed by atoms with Gasteiger partial charge in [0.05, 0.1) is 11.6 Å². The van der Waals surface area contributed by atoms with E-state index in [9.17, 15) is 14.7 Å². The molecule has 1 amide bonds. The van der Waals surface area contributed by atoms with Crippen LogP contribution in [0.5, 0.6) is 5.75 Å². The predicted octanol–water partition coefficient (Wildman–Crippen LogP) is 4.17. The molecule has 148 valence electrons. The first-order valence-electron chi connectivity index (χ1n) is 9.28. The quantitative estimate of drug-likeness (QED) is 0.334. The second-order valence-corrected chi connectivity index (χ2v) is 6.73. The van der Waals surface area contributed by atoms with Gasteiger partial charge in [0.2, 0.25) is 0 Å². The van der Waals surface area contributed by atoms with Gasteiger partial charge in [-0.25, -0.2) is 0 Å². The van der Waals surface area contributed by atoms with Gasteiger partial charge in [0.25, 0.3) is 11.7 Å². The minimum atomic E-state index is -0.704. The van der Waals surface area contributed by atoms with Crippen LogP contribution in [0.25, 0.3) is 5.76 Å². The number of carbonyl (C=O) groups is 2. The van der Waals surface area contributed by atoms with Crippen LogP contribution in [0.1, 0.15) is 22.7 Å². The molecule has 2 aromatic rings. The fourth-order valence-electron chi connectivity index (χ4n) is 3.48. The first-order valence-corrected chi connectivity index (χ1v) is 9.28. The largest absolute Gasteiger partial charge is 0.507 e. The lowest BCUT2D eigenvalue weighted by atomic mass is 9.94. The number of hydrogen-bond donors (Lipinski definition) is 1. The second kappa shape index (κ2) is 8.61. The Kier molecular flexibility index (Phi) is 5.98. The van der Waals surface area contributed by atoms with Crippen molar-refractivity contribution in [3.63, 3.8) is 0 Å². The molecule has 3 rings (SSSR count). The van der Waals surface area contributed by atoms with Crippen molar-refractivity contribution in [2.45, 2.75) is 13.0 Å². The number of rotatable bonds is 7. The molecule has 29 heavy (non-hydrogen) atoms. The normalized spacial score (nSPS) is 18.0. The fraction of sp³-hybridized carbons (Fsp3) is 0.167. The number of ketones is 1. The van der Waals surface area contributed by atoms with Crippen LogP contribution < -0.4 is 4.74 Å². The van der Waals surface area contributed by atoms with Crippen molar-refractivity contribution in [1.82, 2.24) is 4.90 Å². The second-order valence-electron chi connectivity index (χ2n) is 6.73. The van der Waals surface area contributed by atoms with E-state index in [1.165, 1.54) is 4.90 Å². The highest BCUT2D eigenvalue weighted by Gasteiger charge is 2.45. The van der Waals surface area contributed by atoms with Crippen LogP contribution in [-0.2, 0) is 9.59 Å². The first kappa shape index (κ1) is 20.1. The minimum Gasteiger partial charge on any atom is -0.507 e. The number of amides is 1. The van der Waals surface area contributed by atoms with Crippen LogP contribution in [0.4, 0.5) is 0 Å². The van der Waals surface area contributed by atoms with Gasteiger partial charge in [-0.3, -0.25) is 9.59 Å². The maximum absolute atomic E-state index is 12.8. The van der Waals surface area contributed by atoms with Crippen LogP contribution in [0.2, 0.25) is 0 Å². The van der Waals surface area contributed by atoms with Gasteiger partial charge in [-0.1, -0.05) is 49.1 Å². The lowest BCUT2D eigenvalue weighted by Crippen LogP contribution is -2.29. The number of hydrogen-bond acceptors (Lipinski definition) is 4. The molecule has 1 heterocycles. The zero-order valence-electron chi connectivity index (χ0n) is 16.3. The molecule has 2 aromatic carbocycles. The van der Waals surface area contributed by atoms with E-state index in [1.54, 1.807) is 30.4 Å². The zero-order valence-corrected chi connectivity index (χ0v) is 16.3. The molecular weight excluding hydrogens is 366 g/mol. The molecule has 0 saturated carbocycles. The number of nitrogens with zero attached hydrogens (tertiary/aromatic N) is 1. The van der Waals surface area contributed by atoms with Crippen LogP contribution in [0.15, 0.2) is 79.4 Å². The van der Waals surface area contributed by atoms with E-state index in [-0.39, 0.29) is 17.9 Å². The Morgan fingerprint density at radius 1 is 1.14 bits per heavy atom. The molecule has 0 spiro atoms. The van der Waals surface area contributed by atoms with Gasteiger partial charge in [-0.05, 0) is 36.2 Å². The molecule has 5 nitrogen and oxygen atoms in total. The summed E-state index contributed by atoms with van der Waals surface area (Å²) < 4.78 is 5.52. The van der Waals surface area contributed by atoms with E-state index in [0.29, 0.717) is 17.9 Å². The van der Waals surface area contributed by atoms with Crippen molar-refractivity contribution in [3.8, 4) is 5.75 Å². The molecule has 1 aliphatic heterocycles. The molecule has 1 N–H and O–H groups in total. The molecule has 0 bridgehead atoms. The van der Waals surface area contributed by atoms with Gasteiger partial charge in [-0.15, -0.1) is 6.58 Å². The van der Waals surface area contributed by atoms with Gasteiger partial charge in [-0.2, -0.15) is 0 Å². The van der Waals surface area contributed by atoms with E-state index < -0.39 is 17.7 Å². The molecular formula is C24H23NO4. The fourth-order valence-corrected chi connectivity index (χ4v) is 3.48. The van der Waals surface area contributed by atoms with Gasteiger partial charge >= 0.3 is 0 Å². The Labute approximate surface area is 170 Å². The average molecular weight is 389 g/mol. The molecule has 1 unspecified atom stereocenters. The highest BCUT2D eigenvalue weighted by Crippen LogP contribution is 2.39. The van der Waals surface area contributed by atoms with Gasteiger partial charge in [0, 0.05) is 12.1 Å². The van der Waals surface area contributed by atoms with Crippen molar-refractivity contribution < 1.29 is 19.4 Å².